The lowest BCUT2D eigenvalue weighted by Gasteiger charge is -2.19. The standard InChI is InChI=1S/C21H22ClFN2O6S/c1-4-25(5-2)32(29,30)15-7-9-18(22)17(11-15)21(28)31-12-20(27)16-8-6-14(10-19(16)23)24-13(3)26/h6-11H,4-5,12H2,1-3H3,(H,24,26). The van der Waals surface area contributed by atoms with E-state index in [1.54, 1.807) is 13.8 Å². The van der Waals surface area contributed by atoms with E-state index in [0.29, 0.717) is 0 Å². The Kier molecular flexibility index (Phi) is 8.48. The van der Waals surface area contributed by atoms with Gasteiger partial charge in [-0.1, -0.05) is 25.4 Å². The highest BCUT2D eigenvalue weighted by molar-refractivity contribution is 7.89. The van der Waals surface area contributed by atoms with Gasteiger partial charge in [0, 0.05) is 25.7 Å². The van der Waals surface area contributed by atoms with Crippen LogP contribution in [0.2, 0.25) is 5.02 Å². The number of nitrogens with one attached hydrogen (secondary N) is 1. The van der Waals surface area contributed by atoms with E-state index in [1.807, 2.05) is 0 Å². The zero-order valence-electron chi connectivity index (χ0n) is 17.6. The van der Waals surface area contributed by atoms with Gasteiger partial charge in [0.15, 0.2) is 6.61 Å². The molecule has 0 saturated heterocycles. The molecule has 1 N–H and O–H groups in total. The molecule has 0 heterocycles. The Hall–Kier alpha value is -2.82. The van der Waals surface area contributed by atoms with Crippen LogP contribution in [0, 0.1) is 5.82 Å². The van der Waals surface area contributed by atoms with Crippen molar-refractivity contribution in [2.24, 2.45) is 0 Å². The normalized spacial score (nSPS) is 11.3. The van der Waals surface area contributed by atoms with E-state index in [4.69, 9.17) is 16.3 Å². The minimum Gasteiger partial charge on any atom is -0.454 e. The van der Waals surface area contributed by atoms with Gasteiger partial charge in [-0.15, -0.1) is 0 Å². The van der Waals surface area contributed by atoms with Crippen LogP contribution >= 0.6 is 11.6 Å². The van der Waals surface area contributed by atoms with E-state index in [2.05, 4.69) is 5.32 Å². The molecule has 0 fully saturated rings. The number of carbonyl (C=O) groups excluding carboxylic acids is 3. The first kappa shape index (κ1) is 25.4. The number of rotatable bonds is 9. The van der Waals surface area contributed by atoms with E-state index in [-0.39, 0.29) is 39.8 Å². The summed E-state index contributed by atoms with van der Waals surface area (Å²) in [5.41, 5.74) is -0.411. The number of ether oxygens (including phenoxy) is 1. The lowest BCUT2D eigenvalue weighted by atomic mass is 10.1. The van der Waals surface area contributed by atoms with Crippen LogP contribution in [-0.4, -0.2) is 50.1 Å². The fourth-order valence-electron chi connectivity index (χ4n) is 2.84. The molecule has 8 nitrogen and oxygen atoms in total. The van der Waals surface area contributed by atoms with Crippen LogP contribution in [-0.2, 0) is 19.6 Å². The molecule has 2 rings (SSSR count). The average molecular weight is 485 g/mol. The van der Waals surface area contributed by atoms with Gasteiger partial charge < -0.3 is 10.1 Å². The topological polar surface area (TPSA) is 110 Å². The van der Waals surface area contributed by atoms with E-state index in [9.17, 15) is 27.2 Å². The van der Waals surface area contributed by atoms with Gasteiger partial charge >= 0.3 is 5.97 Å². The first-order valence-electron chi connectivity index (χ1n) is 9.58. The Labute approximate surface area is 190 Å². The molecule has 2 aromatic rings. The maximum atomic E-state index is 14.2. The minimum atomic E-state index is -3.85. The molecular formula is C21H22ClFN2O6S. The van der Waals surface area contributed by atoms with Crippen molar-refractivity contribution in [1.82, 2.24) is 4.31 Å². The monoisotopic (exact) mass is 484 g/mol. The number of benzene rings is 2. The van der Waals surface area contributed by atoms with Crippen LogP contribution in [0.5, 0.6) is 0 Å². The summed E-state index contributed by atoms with van der Waals surface area (Å²) in [7, 11) is -3.85. The summed E-state index contributed by atoms with van der Waals surface area (Å²) in [5, 5.41) is 2.32. The van der Waals surface area contributed by atoms with E-state index >= 15 is 0 Å². The Morgan fingerprint density at radius 2 is 1.72 bits per heavy atom. The quantitative estimate of drug-likeness (QED) is 0.431. The van der Waals surface area contributed by atoms with Crippen molar-refractivity contribution >= 4 is 45.0 Å². The number of esters is 1. The SMILES string of the molecule is CCN(CC)S(=O)(=O)c1ccc(Cl)c(C(=O)OCC(=O)c2ccc(NC(C)=O)cc2F)c1. The summed E-state index contributed by atoms with van der Waals surface area (Å²) in [6.45, 7) is 4.30. The first-order chi connectivity index (χ1) is 15.0. The molecule has 0 saturated carbocycles. The lowest BCUT2D eigenvalue weighted by Crippen LogP contribution is -2.30. The van der Waals surface area contributed by atoms with E-state index < -0.39 is 40.1 Å². The van der Waals surface area contributed by atoms with Gasteiger partial charge in [0.05, 0.1) is 21.0 Å². The number of hydrogen-bond acceptors (Lipinski definition) is 6. The van der Waals surface area contributed by atoms with Crippen LogP contribution < -0.4 is 5.32 Å². The van der Waals surface area contributed by atoms with Gasteiger partial charge in [0.1, 0.15) is 5.82 Å². The predicted octanol–water partition coefficient (Wildman–Crippen LogP) is 3.51. The molecule has 0 aliphatic heterocycles. The van der Waals surface area contributed by atoms with Crippen molar-refractivity contribution < 1.29 is 31.9 Å². The van der Waals surface area contributed by atoms with E-state index in [1.165, 1.54) is 29.4 Å². The molecule has 0 atom stereocenters. The number of carbonyl (C=O) groups is 3. The van der Waals surface area contributed by atoms with Crippen LogP contribution in [0.3, 0.4) is 0 Å². The zero-order chi connectivity index (χ0) is 24.1. The summed E-state index contributed by atoms with van der Waals surface area (Å²) < 4.78 is 45.7. The molecule has 11 heteroatoms. The van der Waals surface area contributed by atoms with Gasteiger partial charge in [-0.05, 0) is 36.4 Å². The highest BCUT2D eigenvalue weighted by Gasteiger charge is 2.25. The summed E-state index contributed by atoms with van der Waals surface area (Å²) >= 11 is 6.02. The Bertz CT molecular complexity index is 1150. The molecule has 1 amide bonds. The lowest BCUT2D eigenvalue weighted by molar-refractivity contribution is -0.114. The van der Waals surface area contributed by atoms with Crippen molar-refractivity contribution in [3.05, 3.63) is 58.4 Å². The number of hydrogen-bond donors (Lipinski definition) is 1. The summed E-state index contributed by atoms with van der Waals surface area (Å²) in [5.74, 6) is -3.16. The molecule has 0 bridgehead atoms. The average Bonchev–Trinajstić information content (AvgIpc) is 2.72. The van der Waals surface area contributed by atoms with Gasteiger partial charge in [-0.25, -0.2) is 17.6 Å². The molecule has 2 aromatic carbocycles. The number of ketones is 1. The Morgan fingerprint density at radius 1 is 1.06 bits per heavy atom. The molecule has 32 heavy (non-hydrogen) atoms. The smallest absolute Gasteiger partial charge is 0.340 e. The Morgan fingerprint density at radius 3 is 2.28 bits per heavy atom. The largest absolute Gasteiger partial charge is 0.454 e. The maximum absolute atomic E-state index is 14.2. The Balaban J connectivity index is 2.18. The summed E-state index contributed by atoms with van der Waals surface area (Å²) in [6.07, 6.45) is 0. The number of halogens is 2. The third kappa shape index (κ3) is 5.90. The van der Waals surface area contributed by atoms with Crippen LogP contribution in [0.1, 0.15) is 41.5 Å². The maximum Gasteiger partial charge on any atom is 0.340 e. The zero-order valence-corrected chi connectivity index (χ0v) is 19.2. The van der Waals surface area contributed by atoms with Gasteiger partial charge in [-0.3, -0.25) is 9.59 Å². The molecule has 172 valence electrons. The summed E-state index contributed by atoms with van der Waals surface area (Å²) in [6, 6.07) is 7.04. The second kappa shape index (κ2) is 10.7. The van der Waals surface area contributed by atoms with Crippen molar-refractivity contribution in [3.8, 4) is 0 Å². The second-order valence-corrected chi connectivity index (χ2v) is 8.95. The number of amides is 1. The summed E-state index contributed by atoms with van der Waals surface area (Å²) in [4.78, 5) is 35.6. The number of nitrogens with zero attached hydrogens (tertiary/aromatic N) is 1. The van der Waals surface area contributed by atoms with Gasteiger partial charge in [0.25, 0.3) is 0 Å². The molecule has 0 aliphatic carbocycles. The van der Waals surface area contributed by atoms with Crippen LogP contribution in [0.4, 0.5) is 10.1 Å². The molecule has 0 spiro atoms. The van der Waals surface area contributed by atoms with Crippen molar-refractivity contribution in [2.75, 3.05) is 25.0 Å². The highest BCUT2D eigenvalue weighted by Crippen LogP contribution is 2.24. The highest BCUT2D eigenvalue weighted by atomic mass is 35.5. The third-order valence-corrected chi connectivity index (χ3v) is 6.80. The van der Waals surface area contributed by atoms with E-state index in [0.717, 1.165) is 18.2 Å². The molecule has 0 aliphatic rings. The minimum absolute atomic E-state index is 0.0632. The van der Waals surface area contributed by atoms with Crippen LogP contribution in [0.25, 0.3) is 0 Å². The van der Waals surface area contributed by atoms with Crippen LogP contribution in [0.15, 0.2) is 41.3 Å². The van der Waals surface area contributed by atoms with Crippen molar-refractivity contribution in [1.29, 1.82) is 0 Å². The fraction of sp³-hybridized carbons (Fsp3) is 0.286. The fourth-order valence-corrected chi connectivity index (χ4v) is 4.52. The first-order valence-corrected chi connectivity index (χ1v) is 11.4. The predicted molar refractivity (Wildman–Crippen MR) is 117 cm³/mol. The molecule has 0 aromatic heterocycles. The number of Topliss-reactive ketones (excluding diaryl/α,β-unsaturated/α-hetero) is 1. The second-order valence-electron chi connectivity index (χ2n) is 6.61. The van der Waals surface area contributed by atoms with Gasteiger partial charge in [0.2, 0.25) is 21.7 Å². The van der Waals surface area contributed by atoms with Crippen molar-refractivity contribution in [3.63, 3.8) is 0 Å². The molecule has 0 radical (unpaired) electrons. The third-order valence-electron chi connectivity index (χ3n) is 4.43. The number of sulfonamides is 1. The van der Waals surface area contributed by atoms with Gasteiger partial charge in [-0.2, -0.15) is 4.31 Å². The molecule has 0 unspecified atom stereocenters. The number of anilines is 1. The van der Waals surface area contributed by atoms with Crippen molar-refractivity contribution in [2.45, 2.75) is 25.7 Å². The molecular weight excluding hydrogens is 463 g/mol.